The van der Waals surface area contributed by atoms with Gasteiger partial charge in [-0.25, -0.2) is 0 Å². The maximum absolute atomic E-state index is 2.39. The highest BCUT2D eigenvalue weighted by atomic mass is 14.2. The van der Waals surface area contributed by atoms with E-state index in [-0.39, 0.29) is 0 Å². The topological polar surface area (TPSA) is 0 Å². The van der Waals surface area contributed by atoms with Gasteiger partial charge in [-0.15, -0.1) is 0 Å². The van der Waals surface area contributed by atoms with Gasteiger partial charge in [-0.05, 0) is 102 Å². The van der Waals surface area contributed by atoms with Gasteiger partial charge >= 0.3 is 0 Å². The maximum Gasteiger partial charge on any atom is -0.00201 e. The molecule has 0 fully saturated rings. The molecule has 7 aromatic rings. The van der Waals surface area contributed by atoms with Gasteiger partial charge in [0, 0.05) is 0 Å². The van der Waals surface area contributed by atoms with E-state index in [1.165, 1.54) is 76.8 Å². The Hall–Kier alpha value is -4.94. The van der Waals surface area contributed by atoms with Crippen LogP contribution in [-0.2, 0) is 0 Å². The smallest absolute Gasteiger partial charge is 0.00201 e. The van der Waals surface area contributed by atoms with Crippen LogP contribution in [0.2, 0.25) is 0 Å². The fourth-order valence-electron chi connectivity index (χ4n) is 6.47. The van der Waals surface area contributed by atoms with Gasteiger partial charge in [0.2, 0.25) is 0 Å². The highest BCUT2D eigenvalue weighted by Crippen LogP contribution is 2.44. The molecule has 0 radical (unpaired) electrons. The second-order valence-corrected chi connectivity index (χ2v) is 10.8. The Morgan fingerprint density at radius 1 is 0.400 bits per heavy atom. The second-order valence-electron chi connectivity index (χ2n) is 10.8. The minimum absolute atomic E-state index is 1.13. The standard InChI is InChI=1S/C40H28/c1-3-9-27(10-4-1)29-17-21-31(22-18-29)37-25-33-13-8-16-36-38(26-34-14-7-15-35(37)39(34)40(33)36)32-23-19-30(20-24-32)28-11-5-2-6-12-28/h1,3-5,7-26H,2,6H2. The number of hydrogen-bond donors (Lipinski definition) is 0. The molecule has 0 heteroatoms. The number of allylic oxidation sites excluding steroid dienone is 4. The lowest BCUT2D eigenvalue weighted by atomic mass is 9.85. The van der Waals surface area contributed by atoms with E-state index in [4.69, 9.17) is 0 Å². The summed E-state index contributed by atoms with van der Waals surface area (Å²) >= 11 is 0. The average Bonchev–Trinajstić information content (AvgIpc) is 3.04. The summed E-state index contributed by atoms with van der Waals surface area (Å²) in [6, 6.07) is 47.1. The molecular weight excluding hydrogens is 480 g/mol. The summed E-state index contributed by atoms with van der Waals surface area (Å²) in [6.07, 6.45) is 9.14. The molecule has 0 saturated carbocycles. The number of rotatable bonds is 4. The van der Waals surface area contributed by atoms with E-state index < -0.39 is 0 Å². The van der Waals surface area contributed by atoms with E-state index in [0.29, 0.717) is 0 Å². The van der Waals surface area contributed by atoms with Crippen LogP contribution in [0, 0.1) is 0 Å². The third-order valence-electron chi connectivity index (χ3n) is 8.45. The van der Waals surface area contributed by atoms with E-state index in [9.17, 15) is 0 Å². The van der Waals surface area contributed by atoms with Crippen LogP contribution in [0.5, 0.6) is 0 Å². The molecule has 1 aliphatic rings. The monoisotopic (exact) mass is 508 g/mol. The van der Waals surface area contributed by atoms with Crippen LogP contribution in [0.4, 0.5) is 0 Å². The summed E-state index contributed by atoms with van der Waals surface area (Å²) in [4.78, 5) is 0. The highest BCUT2D eigenvalue weighted by molar-refractivity contribution is 6.29. The van der Waals surface area contributed by atoms with E-state index in [2.05, 4.69) is 146 Å². The van der Waals surface area contributed by atoms with Gasteiger partial charge in [-0.1, -0.05) is 133 Å². The zero-order valence-electron chi connectivity index (χ0n) is 22.3. The minimum Gasteiger partial charge on any atom is -0.0836 e. The van der Waals surface area contributed by atoms with Crippen molar-refractivity contribution in [2.75, 3.05) is 0 Å². The number of benzene rings is 7. The minimum atomic E-state index is 1.13. The fourth-order valence-corrected chi connectivity index (χ4v) is 6.47. The fraction of sp³-hybridized carbons (Fsp3) is 0.0500. The Morgan fingerprint density at radius 2 is 0.925 bits per heavy atom. The molecule has 0 atom stereocenters. The summed E-state index contributed by atoms with van der Waals surface area (Å²) < 4.78 is 0. The van der Waals surface area contributed by atoms with Crippen molar-refractivity contribution in [1.82, 2.24) is 0 Å². The van der Waals surface area contributed by atoms with Crippen molar-refractivity contribution in [3.8, 4) is 33.4 Å². The molecule has 0 unspecified atom stereocenters. The summed E-state index contributed by atoms with van der Waals surface area (Å²) in [7, 11) is 0. The first-order valence-corrected chi connectivity index (χ1v) is 14.2. The van der Waals surface area contributed by atoms with Gasteiger partial charge in [-0.3, -0.25) is 0 Å². The molecule has 0 aliphatic heterocycles. The van der Waals surface area contributed by atoms with Crippen LogP contribution in [0.1, 0.15) is 18.4 Å². The van der Waals surface area contributed by atoms with E-state index >= 15 is 0 Å². The van der Waals surface area contributed by atoms with E-state index in [1.54, 1.807) is 0 Å². The van der Waals surface area contributed by atoms with E-state index in [0.717, 1.165) is 12.8 Å². The first-order chi connectivity index (χ1) is 19.8. The van der Waals surface area contributed by atoms with Gasteiger partial charge in [0.05, 0.1) is 0 Å². The third-order valence-corrected chi connectivity index (χ3v) is 8.45. The SMILES string of the molecule is C1=CC(c2ccc(-c3cc4cccc5c(-c6ccc(-c7ccccc7)cc6)cc6cccc3c6c45)cc2)=CCC1. The number of hydrogen-bond acceptors (Lipinski definition) is 0. The summed E-state index contributed by atoms with van der Waals surface area (Å²) in [5, 5.41) is 7.93. The Morgan fingerprint density at radius 3 is 1.48 bits per heavy atom. The lowest BCUT2D eigenvalue weighted by molar-refractivity contribution is 1.04. The zero-order valence-corrected chi connectivity index (χ0v) is 22.3. The van der Waals surface area contributed by atoms with Crippen LogP contribution >= 0.6 is 0 Å². The molecule has 0 amide bonds. The Labute approximate surface area is 234 Å². The molecule has 0 nitrogen and oxygen atoms in total. The normalized spacial score (nSPS) is 13.3. The molecule has 0 bridgehead atoms. The summed E-state index contributed by atoms with van der Waals surface area (Å²) in [5.41, 5.74) is 10.2. The maximum atomic E-state index is 2.39. The molecule has 0 spiro atoms. The predicted octanol–water partition coefficient (Wildman–Crippen LogP) is 11.3. The molecule has 0 saturated heterocycles. The van der Waals surface area contributed by atoms with Crippen molar-refractivity contribution in [3.05, 3.63) is 151 Å². The predicted molar refractivity (Wildman–Crippen MR) is 173 cm³/mol. The quantitative estimate of drug-likeness (QED) is 0.207. The summed E-state index contributed by atoms with van der Waals surface area (Å²) in [6.45, 7) is 0. The van der Waals surface area contributed by atoms with Crippen LogP contribution in [0.25, 0.3) is 71.3 Å². The van der Waals surface area contributed by atoms with Crippen LogP contribution in [0.15, 0.2) is 146 Å². The van der Waals surface area contributed by atoms with Gasteiger partial charge in [0.1, 0.15) is 0 Å². The van der Waals surface area contributed by atoms with Crippen LogP contribution < -0.4 is 0 Å². The first-order valence-electron chi connectivity index (χ1n) is 14.2. The lowest BCUT2D eigenvalue weighted by Gasteiger charge is -2.18. The van der Waals surface area contributed by atoms with Gasteiger partial charge in [0.25, 0.3) is 0 Å². The molecule has 1 aliphatic carbocycles. The van der Waals surface area contributed by atoms with Crippen molar-refractivity contribution in [2.45, 2.75) is 12.8 Å². The van der Waals surface area contributed by atoms with Crippen LogP contribution in [-0.4, -0.2) is 0 Å². The zero-order chi connectivity index (χ0) is 26.5. The largest absolute Gasteiger partial charge is 0.0836 e. The van der Waals surface area contributed by atoms with Crippen molar-refractivity contribution in [2.24, 2.45) is 0 Å². The average molecular weight is 509 g/mol. The highest BCUT2D eigenvalue weighted by Gasteiger charge is 2.16. The van der Waals surface area contributed by atoms with Gasteiger partial charge in [-0.2, -0.15) is 0 Å². The van der Waals surface area contributed by atoms with Crippen molar-refractivity contribution >= 4 is 37.9 Å². The van der Waals surface area contributed by atoms with Crippen molar-refractivity contribution in [3.63, 3.8) is 0 Å². The Bertz CT molecular complexity index is 2050. The van der Waals surface area contributed by atoms with Gasteiger partial charge < -0.3 is 0 Å². The molecule has 8 rings (SSSR count). The molecule has 40 heavy (non-hydrogen) atoms. The molecule has 7 aromatic carbocycles. The van der Waals surface area contributed by atoms with E-state index in [1.807, 2.05) is 0 Å². The van der Waals surface area contributed by atoms with Crippen LogP contribution in [0.3, 0.4) is 0 Å². The molecule has 0 N–H and O–H groups in total. The molecular formula is C40H28. The Balaban J connectivity index is 1.28. The van der Waals surface area contributed by atoms with Gasteiger partial charge in [0.15, 0.2) is 0 Å². The van der Waals surface area contributed by atoms with Crippen molar-refractivity contribution < 1.29 is 0 Å². The molecule has 0 heterocycles. The first kappa shape index (κ1) is 23.0. The third kappa shape index (κ3) is 3.76. The molecule has 188 valence electrons. The summed E-state index contributed by atoms with van der Waals surface area (Å²) in [5.74, 6) is 0. The van der Waals surface area contributed by atoms with Crippen molar-refractivity contribution in [1.29, 1.82) is 0 Å². The Kier molecular flexibility index (Phi) is 5.38. The molecule has 0 aromatic heterocycles. The lowest BCUT2D eigenvalue weighted by Crippen LogP contribution is -1.91. The second kappa shape index (κ2) is 9.36.